The van der Waals surface area contributed by atoms with E-state index >= 15 is 8.78 Å². The van der Waals surface area contributed by atoms with E-state index in [0.29, 0.717) is 58.5 Å². The minimum atomic E-state index is -2.26. The minimum absolute atomic E-state index is 0.0157. The number of fused-ring (bicyclic) bond motifs is 5. The van der Waals surface area contributed by atoms with Gasteiger partial charge in [-0.3, -0.25) is 14.8 Å². The van der Waals surface area contributed by atoms with Crippen molar-refractivity contribution in [1.82, 2.24) is 24.8 Å². The van der Waals surface area contributed by atoms with Gasteiger partial charge in [-0.15, -0.1) is 5.54 Å². The molecule has 4 aliphatic heterocycles. The molecule has 5 aromatic rings. The normalized spacial score (nSPS) is 22.0. The maximum atomic E-state index is 17.8. The van der Waals surface area contributed by atoms with Gasteiger partial charge in [0, 0.05) is 46.8 Å². The van der Waals surface area contributed by atoms with Crippen LogP contribution in [0.4, 0.5) is 19.4 Å². The van der Waals surface area contributed by atoms with Crippen molar-refractivity contribution in [3.8, 4) is 34.5 Å². The third-order valence-corrected chi connectivity index (χ3v) is 21.9. The molecule has 354 valence electrons. The Balaban J connectivity index is 1.13. The molecule has 3 aromatic carbocycles. The fourth-order valence-electron chi connectivity index (χ4n) is 12.0. The van der Waals surface area contributed by atoms with Crippen molar-refractivity contribution in [1.29, 1.82) is 0 Å². The van der Waals surface area contributed by atoms with Crippen LogP contribution in [-0.2, 0) is 4.74 Å². The van der Waals surface area contributed by atoms with Crippen molar-refractivity contribution >= 4 is 64.3 Å². The zero-order valence-electron chi connectivity index (χ0n) is 40.3. The van der Waals surface area contributed by atoms with E-state index in [2.05, 4.69) is 97.5 Å². The summed E-state index contributed by atoms with van der Waals surface area (Å²) >= 11 is 2.30. The molecule has 0 aliphatic carbocycles. The molecule has 2 bridgehead atoms. The molecule has 6 heterocycles. The van der Waals surface area contributed by atoms with E-state index < -0.39 is 25.3 Å². The third kappa shape index (κ3) is 8.97. The van der Waals surface area contributed by atoms with E-state index in [0.717, 1.165) is 59.9 Å². The standard InChI is InChI=1S/C53H63F2IN6O4Si/c1-32(2)67(33(3)4,34(5)6)24-21-41-44(54)20-17-35-13-10-16-42(45(35)41)47-46(55)48-43(27-57-47)49(60-28-37-18-19-38(29-60)62(37)51(63)66-52(7,8)9)59-50(58-48)64-31-53-22-12-23-61(53)30-40(26-53)65-39-15-11-14-36(56)25-39/h10-11,13-17,20,25,27,32-34,37-38,40H,12,18-19,22-23,26,28-31H2,1-9H3/t37-,38+,40-,53-/m0/s1. The van der Waals surface area contributed by atoms with Crippen molar-refractivity contribution in [2.75, 3.05) is 37.7 Å². The fraction of sp³-hybridized carbons (Fsp3) is 0.509. The quantitative estimate of drug-likeness (QED) is 0.0770. The fourth-order valence-corrected chi connectivity index (χ4v) is 17.7. The number of aromatic nitrogens is 3. The summed E-state index contributed by atoms with van der Waals surface area (Å²) in [5.41, 5.74) is 4.60. The summed E-state index contributed by atoms with van der Waals surface area (Å²) in [4.78, 5) is 34.7. The first-order chi connectivity index (χ1) is 31.9. The number of rotatable bonds is 10. The second-order valence-electron chi connectivity index (χ2n) is 21.1. The number of carbonyl (C=O) groups excluding carboxylic acids is 1. The van der Waals surface area contributed by atoms with E-state index in [1.807, 2.05) is 49.9 Å². The lowest BCUT2D eigenvalue weighted by Gasteiger charge is -2.42. The Morgan fingerprint density at radius 3 is 2.36 bits per heavy atom. The van der Waals surface area contributed by atoms with Crippen LogP contribution < -0.4 is 14.4 Å². The lowest BCUT2D eigenvalue weighted by Crippen LogP contribution is -2.57. The smallest absolute Gasteiger partial charge is 0.410 e. The predicted molar refractivity (Wildman–Crippen MR) is 272 cm³/mol. The molecule has 1 amide bonds. The van der Waals surface area contributed by atoms with Crippen LogP contribution in [0.3, 0.4) is 0 Å². The lowest BCUT2D eigenvalue weighted by atomic mass is 9.94. The molecule has 4 saturated heterocycles. The minimum Gasteiger partial charge on any atom is -0.489 e. The van der Waals surface area contributed by atoms with Gasteiger partial charge in [-0.2, -0.15) is 9.97 Å². The topological polar surface area (TPSA) is 93.2 Å². The number of carbonyl (C=O) groups is 1. The molecule has 2 aromatic heterocycles. The highest BCUT2D eigenvalue weighted by Crippen LogP contribution is 2.44. The molecule has 10 nitrogen and oxygen atoms in total. The van der Waals surface area contributed by atoms with Crippen LogP contribution in [0.1, 0.15) is 100.0 Å². The zero-order valence-corrected chi connectivity index (χ0v) is 43.4. The van der Waals surface area contributed by atoms with Crippen molar-refractivity contribution in [3.63, 3.8) is 0 Å². The molecule has 0 saturated carbocycles. The summed E-state index contributed by atoms with van der Waals surface area (Å²) < 4.78 is 54.2. The van der Waals surface area contributed by atoms with E-state index in [9.17, 15) is 4.79 Å². The van der Waals surface area contributed by atoms with Crippen LogP contribution in [0.25, 0.3) is 32.9 Å². The first-order valence-electron chi connectivity index (χ1n) is 24.0. The molecular weight excluding hydrogens is 978 g/mol. The van der Waals surface area contributed by atoms with Gasteiger partial charge in [0.25, 0.3) is 0 Å². The van der Waals surface area contributed by atoms with Crippen molar-refractivity contribution in [2.24, 2.45) is 0 Å². The number of ether oxygens (including phenoxy) is 3. The van der Waals surface area contributed by atoms with Gasteiger partial charge in [0.05, 0.1) is 28.6 Å². The number of benzene rings is 3. The first-order valence-corrected chi connectivity index (χ1v) is 27.4. The SMILES string of the molecule is CC(C)[Si](C#Cc1c(F)ccc2cccc(-c3ncc4c(N5C[C@H]6CC[C@@H](C5)N6C(=O)OC(C)(C)C)nc(OC[C@@]56CCCN5C[C@@H](Oc5cccc(I)c5)C6)nc4c3F)c12)(C(C)C)C(C)C. The summed E-state index contributed by atoms with van der Waals surface area (Å²) in [5, 5.41) is 1.69. The number of nitrogens with zero attached hydrogens (tertiary/aromatic N) is 6. The molecule has 0 radical (unpaired) electrons. The number of anilines is 1. The highest BCUT2D eigenvalue weighted by atomic mass is 127. The second-order valence-corrected chi connectivity index (χ2v) is 28.0. The van der Waals surface area contributed by atoms with Gasteiger partial charge in [0.1, 0.15) is 55.0 Å². The van der Waals surface area contributed by atoms with E-state index in [1.165, 1.54) is 6.07 Å². The molecule has 4 fully saturated rings. The number of hydrogen-bond acceptors (Lipinski definition) is 9. The summed E-state index contributed by atoms with van der Waals surface area (Å²) in [6.45, 7) is 22.0. The van der Waals surface area contributed by atoms with Gasteiger partial charge in [-0.1, -0.05) is 77.8 Å². The van der Waals surface area contributed by atoms with E-state index in [1.54, 1.807) is 18.3 Å². The van der Waals surface area contributed by atoms with Crippen molar-refractivity contribution in [3.05, 3.63) is 81.6 Å². The first kappa shape index (κ1) is 47.5. The van der Waals surface area contributed by atoms with Gasteiger partial charge in [0.2, 0.25) is 0 Å². The zero-order chi connectivity index (χ0) is 47.6. The van der Waals surface area contributed by atoms with Crippen LogP contribution in [-0.4, -0.2) is 101 Å². The second kappa shape index (κ2) is 18.4. The molecule has 4 aliphatic rings. The highest BCUT2D eigenvalue weighted by Gasteiger charge is 2.51. The number of pyridine rings is 1. The van der Waals surface area contributed by atoms with Crippen LogP contribution in [0.15, 0.2) is 60.8 Å². The monoisotopic (exact) mass is 1040 g/mol. The van der Waals surface area contributed by atoms with Crippen LogP contribution >= 0.6 is 22.6 Å². The summed E-state index contributed by atoms with van der Waals surface area (Å²) in [7, 11) is -2.26. The van der Waals surface area contributed by atoms with Gasteiger partial charge in [-0.25, -0.2) is 13.6 Å². The van der Waals surface area contributed by atoms with Gasteiger partial charge in [0.15, 0.2) is 5.82 Å². The van der Waals surface area contributed by atoms with Gasteiger partial charge >= 0.3 is 12.1 Å². The largest absolute Gasteiger partial charge is 0.489 e. The highest BCUT2D eigenvalue weighted by molar-refractivity contribution is 14.1. The Hall–Kier alpha value is -4.59. The van der Waals surface area contributed by atoms with Crippen LogP contribution in [0.5, 0.6) is 11.8 Å². The Morgan fingerprint density at radius 1 is 0.955 bits per heavy atom. The lowest BCUT2D eigenvalue weighted by molar-refractivity contribution is 0.0122. The number of piperazine rings is 1. The van der Waals surface area contributed by atoms with E-state index in [4.69, 9.17) is 29.2 Å². The Morgan fingerprint density at radius 2 is 1.67 bits per heavy atom. The Labute approximate surface area is 408 Å². The van der Waals surface area contributed by atoms with Gasteiger partial charge in [-0.05, 0) is 122 Å². The molecule has 0 N–H and O–H groups in total. The number of halogens is 3. The Kier molecular flexibility index (Phi) is 13.0. The molecule has 14 heteroatoms. The maximum absolute atomic E-state index is 17.8. The average Bonchev–Trinajstić information content (AvgIpc) is 3.90. The number of amides is 1. The molecule has 9 rings (SSSR count). The van der Waals surface area contributed by atoms with Crippen LogP contribution in [0, 0.1) is 26.7 Å². The van der Waals surface area contributed by atoms with Crippen molar-refractivity contribution < 1.29 is 27.8 Å². The third-order valence-electron chi connectivity index (χ3n) is 14.9. The average molecular weight is 1040 g/mol. The van der Waals surface area contributed by atoms with Crippen LogP contribution in [0.2, 0.25) is 16.6 Å². The number of hydrogen-bond donors (Lipinski definition) is 0. The van der Waals surface area contributed by atoms with Crippen molar-refractivity contribution in [2.45, 2.75) is 140 Å². The molecule has 0 spiro atoms. The molecule has 67 heavy (non-hydrogen) atoms. The Bertz CT molecular complexity index is 2740. The molecular formula is C53H63F2IN6O4Si. The maximum Gasteiger partial charge on any atom is 0.410 e. The summed E-state index contributed by atoms with van der Waals surface area (Å²) in [6.07, 6.45) is 5.65. The summed E-state index contributed by atoms with van der Waals surface area (Å²) in [5.74, 6) is 3.61. The van der Waals surface area contributed by atoms with E-state index in [-0.39, 0.29) is 52.6 Å². The predicted octanol–water partition coefficient (Wildman–Crippen LogP) is 12.0. The summed E-state index contributed by atoms with van der Waals surface area (Å²) in [6, 6.07) is 16.6. The molecule has 0 unspecified atom stereocenters. The molecule has 4 atom stereocenters. The van der Waals surface area contributed by atoms with Gasteiger partial charge < -0.3 is 19.1 Å².